The predicted octanol–water partition coefficient (Wildman–Crippen LogP) is 3.66. The lowest BCUT2D eigenvalue weighted by Gasteiger charge is -2.32. The summed E-state index contributed by atoms with van der Waals surface area (Å²) >= 11 is 1.85. The van der Waals surface area contributed by atoms with Gasteiger partial charge < -0.3 is 5.32 Å². The molecule has 1 saturated carbocycles. The third-order valence-corrected chi connectivity index (χ3v) is 4.20. The van der Waals surface area contributed by atoms with Gasteiger partial charge in [-0.25, -0.2) is 0 Å². The van der Waals surface area contributed by atoms with Crippen LogP contribution in [0, 0.1) is 11.8 Å². The second-order valence-corrected chi connectivity index (χ2v) is 6.11. The fraction of sp³-hybridized carbons (Fsp3) is 0.692. The van der Waals surface area contributed by atoms with Crippen molar-refractivity contribution in [3.05, 3.63) is 22.4 Å². The van der Waals surface area contributed by atoms with E-state index in [9.17, 15) is 0 Å². The first-order valence-electron chi connectivity index (χ1n) is 6.00. The summed E-state index contributed by atoms with van der Waals surface area (Å²) in [7, 11) is 0. The molecule has 1 fully saturated rings. The number of hydrogen-bond acceptors (Lipinski definition) is 2. The summed E-state index contributed by atoms with van der Waals surface area (Å²) in [5, 5.41) is 5.85. The Labute approximate surface area is 96.9 Å². The van der Waals surface area contributed by atoms with Gasteiger partial charge in [0, 0.05) is 17.5 Å². The zero-order valence-electron chi connectivity index (χ0n) is 9.70. The van der Waals surface area contributed by atoms with Gasteiger partial charge >= 0.3 is 0 Å². The minimum atomic E-state index is 0.742. The van der Waals surface area contributed by atoms with Gasteiger partial charge in [-0.3, -0.25) is 0 Å². The SMILES string of the molecule is CC1CC(C)CC(NCc2cccs2)C1. The molecule has 0 aliphatic heterocycles. The minimum absolute atomic E-state index is 0.742. The topological polar surface area (TPSA) is 12.0 Å². The van der Waals surface area contributed by atoms with Crippen LogP contribution in [0.15, 0.2) is 17.5 Å². The molecule has 0 aromatic carbocycles. The predicted molar refractivity (Wildman–Crippen MR) is 67.1 cm³/mol. The molecule has 2 atom stereocenters. The molecule has 0 saturated heterocycles. The van der Waals surface area contributed by atoms with Crippen LogP contribution < -0.4 is 5.32 Å². The molecular formula is C13H21NS. The van der Waals surface area contributed by atoms with Crippen LogP contribution in [0.4, 0.5) is 0 Å². The maximum atomic E-state index is 3.70. The number of hydrogen-bond donors (Lipinski definition) is 1. The van der Waals surface area contributed by atoms with Crippen molar-refractivity contribution in [2.75, 3.05) is 0 Å². The summed E-state index contributed by atoms with van der Waals surface area (Å²) in [6.07, 6.45) is 4.13. The van der Waals surface area contributed by atoms with Crippen molar-refractivity contribution in [1.82, 2.24) is 5.32 Å². The smallest absolute Gasteiger partial charge is 0.0302 e. The van der Waals surface area contributed by atoms with Crippen LogP contribution in [0.3, 0.4) is 0 Å². The van der Waals surface area contributed by atoms with Gasteiger partial charge in [0.05, 0.1) is 0 Å². The second kappa shape index (κ2) is 5.13. The molecule has 1 nitrogen and oxygen atoms in total. The molecule has 0 bridgehead atoms. The average molecular weight is 223 g/mol. The zero-order valence-corrected chi connectivity index (χ0v) is 10.5. The van der Waals surface area contributed by atoms with Gasteiger partial charge in [0.1, 0.15) is 0 Å². The third-order valence-electron chi connectivity index (χ3n) is 3.32. The number of nitrogens with one attached hydrogen (secondary N) is 1. The first kappa shape index (κ1) is 11.2. The molecule has 1 heterocycles. The van der Waals surface area contributed by atoms with Crippen LogP contribution in [0.2, 0.25) is 0 Å². The van der Waals surface area contributed by atoms with Crippen molar-refractivity contribution in [2.24, 2.45) is 11.8 Å². The van der Waals surface area contributed by atoms with E-state index in [-0.39, 0.29) is 0 Å². The molecule has 1 N–H and O–H groups in total. The van der Waals surface area contributed by atoms with E-state index in [0.29, 0.717) is 0 Å². The fourth-order valence-electron chi connectivity index (χ4n) is 2.77. The lowest BCUT2D eigenvalue weighted by molar-refractivity contribution is 0.238. The summed E-state index contributed by atoms with van der Waals surface area (Å²) in [5.74, 6) is 1.80. The molecular weight excluding hydrogens is 202 g/mol. The Hall–Kier alpha value is -0.340. The first-order chi connectivity index (χ1) is 7.24. The Bertz CT molecular complexity index is 271. The van der Waals surface area contributed by atoms with E-state index in [1.165, 1.54) is 24.1 Å². The van der Waals surface area contributed by atoms with Crippen LogP contribution in [0.1, 0.15) is 38.0 Å². The van der Waals surface area contributed by atoms with Gasteiger partial charge in [-0.1, -0.05) is 19.9 Å². The maximum absolute atomic E-state index is 3.70. The Kier molecular flexibility index (Phi) is 3.81. The molecule has 15 heavy (non-hydrogen) atoms. The standard InChI is InChI=1S/C13H21NS/c1-10-6-11(2)8-12(7-10)14-9-13-4-3-5-15-13/h3-5,10-12,14H,6-9H2,1-2H3. The molecule has 1 aliphatic rings. The first-order valence-corrected chi connectivity index (χ1v) is 6.87. The van der Waals surface area contributed by atoms with Crippen molar-refractivity contribution in [3.63, 3.8) is 0 Å². The van der Waals surface area contributed by atoms with Crippen molar-refractivity contribution < 1.29 is 0 Å². The van der Waals surface area contributed by atoms with Crippen molar-refractivity contribution >= 4 is 11.3 Å². The largest absolute Gasteiger partial charge is 0.309 e. The Morgan fingerprint density at radius 3 is 2.60 bits per heavy atom. The van der Waals surface area contributed by atoms with Crippen molar-refractivity contribution in [3.8, 4) is 0 Å². The summed E-state index contributed by atoms with van der Waals surface area (Å²) in [6.45, 7) is 5.83. The minimum Gasteiger partial charge on any atom is -0.309 e. The highest BCUT2D eigenvalue weighted by atomic mass is 32.1. The zero-order chi connectivity index (χ0) is 10.7. The van der Waals surface area contributed by atoms with Gasteiger partial charge in [-0.2, -0.15) is 0 Å². The van der Waals surface area contributed by atoms with E-state index in [0.717, 1.165) is 24.4 Å². The molecule has 2 unspecified atom stereocenters. The van der Waals surface area contributed by atoms with Crippen LogP contribution in [-0.2, 0) is 6.54 Å². The highest BCUT2D eigenvalue weighted by Gasteiger charge is 2.23. The molecule has 0 spiro atoms. The summed E-state index contributed by atoms with van der Waals surface area (Å²) in [6, 6.07) is 5.09. The second-order valence-electron chi connectivity index (χ2n) is 5.07. The normalized spacial score (nSPS) is 31.7. The highest BCUT2D eigenvalue weighted by molar-refractivity contribution is 7.09. The Morgan fingerprint density at radius 1 is 1.27 bits per heavy atom. The lowest BCUT2D eigenvalue weighted by Crippen LogP contribution is -2.35. The summed E-state index contributed by atoms with van der Waals surface area (Å²) in [5.41, 5.74) is 0. The molecule has 84 valence electrons. The Balaban J connectivity index is 1.79. The van der Waals surface area contributed by atoms with E-state index in [1.54, 1.807) is 0 Å². The quantitative estimate of drug-likeness (QED) is 0.824. The van der Waals surface area contributed by atoms with Gasteiger partial charge in [0.25, 0.3) is 0 Å². The van der Waals surface area contributed by atoms with E-state index in [4.69, 9.17) is 0 Å². The number of thiophene rings is 1. The summed E-state index contributed by atoms with van der Waals surface area (Å²) < 4.78 is 0. The lowest BCUT2D eigenvalue weighted by atomic mass is 9.80. The highest BCUT2D eigenvalue weighted by Crippen LogP contribution is 2.28. The van der Waals surface area contributed by atoms with E-state index in [1.807, 2.05) is 11.3 Å². The monoisotopic (exact) mass is 223 g/mol. The Morgan fingerprint density at radius 2 is 2.00 bits per heavy atom. The van der Waals surface area contributed by atoms with Gasteiger partial charge in [0.15, 0.2) is 0 Å². The van der Waals surface area contributed by atoms with E-state index < -0.39 is 0 Å². The van der Waals surface area contributed by atoms with Crippen LogP contribution in [-0.4, -0.2) is 6.04 Å². The van der Waals surface area contributed by atoms with Gasteiger partial charge in [-0.05, 0) is 42.5 Å². The third kappa shape index (κ3) is 3.32. The van der Waals surface area contributed by atoms with Crippen LogP contribution in [0.25, 0.3) is 0 Å². The van der Waals surface area contributed by atoms with E-state index >= 15 is 0 Å². The molecule has 0 amide bonds. The molecule has 2 heteroatoms. The number of rotatable bonds is 3. The maximum Gasteiger partial charge on any atom is 0.0302 e. The average Bonchev–Trinajstić information content (AvgIpc) is 2.65. The van der Waals surface area contributed by atoms with Crippen molar-refractivity contribution in [1.29, 1.82) is 0 Å². The fourth-order valence-corrected chi connectivity index (χ4v) is 3.43. The van der Waals surface area contributed by atoms with Gasteiger partial charge in [0.2, 0.25) is 0 Å². The molecule has 0 radical (unpaired) electrons. The molecule has 1 aliphatic carbocycles. The molecule has 1 aromatic heterocycles. The summed E-state index contributed by atoms with van der Waals surface area (Å²) in [4.78, 5) is 1.46. The van der Waals surface area contributed by atoms with E-state index in [2.05, 4.69) is 36.7 Å². The van der Waals surface area contributed by atoms with Crippen LogP contribution in [0.5, 0.6) is 0 Å². The van der Waals surface area contributed by atoms with Crippen molar-refractivity contribution in [2.45, 2.75) is 45.7 Å². The van der Waals surface area contributed by atoms with Gasteiger partial charge in [-0.15, -0.1) is 11.3 Å². The molecule has 2 rings (SSSR count). The molecule has 1 aromatic rings. The van der Waals surface area contributed by atoms with Crippen LogP contribution >= 0.6 is 11.3 Å².